The van der Waals surface area contributed by atoms with Gasteiger partial charge in [0.25, 0.3) is 0 Å². The number of carbonyl (C=O) groups excluding carboxylic acids is 2. The molecular weight excluding hydrogens is 256 g/mol. The molecule has 0 aromatic carbocycles. The number of amides is 2. The number of rotatable bonds is 4. The standard InChI is InChI=1S/C15H26N2O3/c1-4-5-6-16-10-13(7-14(16)18)15(19)17-8-11(2)20-12(3)9-17/h11-13H,4-10H2,1-3H3/t11-,12-,13-/m0/s1. The Bertz CT molecular complexity index is 362. The van der Waals surface area contributed by atoms with Crippen LogP contribution in [-0.2, 0) is 14.3 Å². The van der Waals surface area contributed by atoms with Gasteiger partial charge in [0.15, 0.2) is 0 Å². The molecule has 0 spiro atoms. The van der Waals surface area contributed by atoms with Crippen LogP contribution in [0, 0.1) is 5.92 Å². The van der Waals surface area contributed by atoms with E-state index in [4.69, 9.17) is 4.74 Å². The normalized spacial score (nSPS) is 30.9. The first-order chi connectivity index (χ1) is 9.51. The quantitative estimate of drug-likeness (QED) is 0.780. The van der Waals surface area contributed by atoms with Crippen molar-refractivity contribution >= 4 is 11.8 Å². The Morgan fingerprint density at radius 3 is 2.50 bits per heavy atom. The molecule has 2 aliphatic rings. The maximum absolute atomic E-state index is 12.5. The summed E-state index contributed by atoms with van der Waals surface area (Å²) in [5.41, 5.74) is 0. The molecule has 2 fully saturated rings. The van der Waals surface area contributed by atoms with Crippen molar-refractivity contribution in [2.24, 2.45) is 5.92 Å². The van der Waals surface area contributed by atoms with Crippen molar-refractivity contribution < 1.29 is 14.3 Å². The summed E-state index contributed by atoms with van der Waals surface area (Å²) in [6.45, 7) is 8.75. The van der Waals surface area contributed by atoms with E-state index in [0.717, 1.165) is 19.4 Å². The van der Waals surface area contributed by atoms with Gasteiger partial charge < -0.3 is 14.5 Å². The molecule has 0 aromatic heterocycles. The maximum atomic E-state index is 12.5. The zero-order valence-corrected chi connectivity index (χ0v) is 12.8. The average molecular weight is 282 g/mol. The fourth-order valence-electron chi connectivity index (χ4n) is 3.12. The van der Waals surface area contributed by atoms with Crippen LogP contribution in [-0.4, -0.2) is 60.0 Å². The SMILES string of the molecule is CCCCN1C[C@@H](C(=O)N2C[C@H](C)O[C@@H](C)C2)CC1=O. The number of hydrogen-bond donors (Lipinski definition) is 0. The summed E-state index contributed by atoms with van der Waals surface area (Å²) in [6.07, 6.45) is 2.62. The zero-order valence-electron chi connectivity index (χ0n) is 12.8. The highest BCUT2D eigenvalue weighted by Crippen LogP contribution is 2.22. The maximum Gasteiger partial charge on any atom is 0.228 e. The fraction of sp³-hybridized carbons (Fsp3) is 0.867. The van der Waals surface area contributed by atoms with Gasteiger partial charge in [-0.2, -0.15) is 0 Å². The van der Waals surface area contributed by atoms with Gasteiger partial charge in [-0.3, -0.25) is 9.59 Å². The largest absolute Gasteiger partial charge is 0.372 e. The number of carbonyl (C=O) groups is 2. The number of likely N-dealkylation sites (tertiary alicyclic amines) is 1. The third-order valence-corrected chi connectivity index (χ3v) is 4.08. The van der Waals surface area contributed by atoms with Crippen LogP contribution in [0.5, 0.6) is 0 Å². The van der Waals surface area contributed by atoms with Crippen LogP contribution in [0.1, 0.15) is 40.0 Å². The molecular formula is C15H26N2O3. The summed E-state index contributed by atoms with van der Waals surface area (Å²) in [7, 11) is 0. The summed E-state index contributed by atoms with van der Waals surface area (Å²) in [4.78, 5) is 28.2. The van der Waals surface area contributed by atoms with Crippen molar-refractivity contribution in [3.05, 3.63) is 0 Å². The van der Waals surface area contributed by atoms with Gasteiger partial charge in [-0.15, -0.1) is 0 Å². The van der Waals surface area contributed by atoms with Crippen LogP contribution < -0.4 is 0 Å². The summed E-state index contributed by atoms with van der Waals surface area (Å²) < 4.78 is 5.65. The van der Waals surface area contributed by atoms with Crippen LogP contribution in [0.4, 0.5) is 0 Å². The van der Waals surface area contributed by atoms with E-state index < -0.39 is 0 Å². The second kappa shape index (κ2) is 6.57. The van der Waals surface area contributed by atoms with Crippen LogP contribution in [0.3, 0.4) is 0 Å². The van der Waals surface area contributed by atoms with Crippen molar-refractivity contribution in [2.45, 2.75) is 52.2 Å². The smallest absolute Gasteiger partial charge is 0.228 e. The third kappa shape index (κ3) is 3.51. The van der Waals surface area contributed by atoms with E-state index in [1.807, 2.05) is 23.6 Å². The molecule has 3 atom stereocenters. The molecule has 0 unspecified atom stereocenters. The monoisotopic (exact) mass is 282 g/mol. The van der Waals surface area contributed by atoms with E-state index in [9.17, 15) is 9.59 Å². The topological polar surface area (TPSA) is 49.9 Å². The summed E-state index contributed by atoms with van der Waals surface area (Å²) >= 11 is 0. The number of unbranched alkanes of at least 4 members (excludes halogenated alkanes) is 1. The van der Waals surface area contributed by atoms with Gasteiger partial charge in [-0.1, -0.05) is 13.3 Å². The van der Waals surface area contributed by atoms with Gasteiger partial charge in [0.2, 0.25) is 11.8 Å². The van der Waals surface area contributed by atoms with Crippen LogP contribution in [0.25, 0.3) is 0 Å². The molecule has 114 valence electrons. The Morgan fingerprint density at radius 1 is 1.25 bits per heavy atom. The van der Waals surface area contributed by atoms with E-state index in [-0.39, 0.29) is 29.9 Å². The van der Waals surface area contributed by atoms with Crippen molar-refractivity contribution in [2.75, 3.05) is 26.2 Å². The Kier molecular flexibility index (Phi) is 5.02. The van der Waals surface area contributed by atoms with Crippen molar-refractivity contribution in [1.82, 2.24) is 9.80 Å². The Hall–Kier alpha value is -1.10. The number of nitrogens with zero attached hydrogens (tertiary/aromatic N) is 2. The second-order valence-electron chi connectivity index (χ2n) is 6.09. The van der Waals surface area contributed by atoms with Gasteiger partial charge in [0.05, 0.1) is 18.1 Å². The Labute approximate surface area is 121 Å². The molecule has 2 saturated heterocycles. The highest BCUT2D eigenvalue weighted by molar-refractivity contribution is 5.89. The first-order valence-corrected chi connectivity index (χ1v) is 7.73. The minimum atomic E-state index is -0.156. The van der Waals surface area contributed by atoms with Crippen LogP contribution >= 0.6 is 0 Å². The van der Waals surface area contributed by atoms with Crippen LogP contribution in [0.15, 0.2) is 0 Å². The summed E-state index contributed by atoms with van der Waals surface area (Å²) in [5, 5.41) is 0. The first-order valence-electron chi connectivity index (χ1n) is 7.73. The average Bonchev–Trinajstić information content (AvgIpc) is 2.75. The lowest BCUT2D eigenvalue weighted by Crippen LogP contribution is -2.50. The minimum Gasteiger partial charge on any atom is -0.372 e. The van der Waals surface area contributed by atoms with Gasteiger partial charge in [-0.25, -0.2) is 0 Å². The molecule has 2 aliphatic heterocycles. The first kappa shape index (κ1) is 15.3. The van der Waals surface area contributed by atoms with Gasteiger partial charge in [0, 0.05) is 32.6 Å². The van der Waals surface area contributed by atoms with E-state index >= 15 is 0 Å². The molecule has 0 aromatic rings. The van der Waals surface area contributed by atoms with E-state index in [1.54, 1.807) is 0 Å². The molecule has 5 heteroatoms. The van der Waals surface area contributed by atoms with E-state index in [2.05, 4.69) is 6.92 Å². The van der Waals surface area contributed by atoms with E-state index in [0.29, 0.717) is 26.1 Å². The lowest BCUT2D eigenvalue weighted by Gasteiger charge is -2.36. The number of morpholine rings is 1. The van der Waals surface area contributed by atoms with Gasteiger partial charge in [-0.05, 0) is 20.3 Å². The minimum absolute atomic E-state index is 0.0796. The number of ether oxygens (including phenoxy) is 1. The molecule has 2 rings (SSSR count). The molecule has 20 heavy (non-hydrogen) atoms. The van der Waals surface area contributed by atoms with Crippen molar-refractivity contribution in [3.63, 3.8) is 0 Å². The molecule has 2 heterocycles. The second-order valence-corrected chi connectivity index (χ2v) is 6.09. The van der Waals surface area contributed by atoms with Crippen molar-refractivity contribution in [1.29, 1.82) is 0 Å². The summed E-state index contributed by atoms with van der Waals surface area (Å²) in [6, 6.07) is 0. The molecule has 0 N–H and O–H groups in total. The highest BCUT2D eigenvalue weighted by atomic mass is 16.5. The fourth-order valence-corrected chi connectivity index (χ4v) is 3.12. The molecule has 2 amide bonds. The highest BCUT2D eigenvalue weighted by Gasteiger charge is 2.37. The lowest BCUT2D eigenvalue weighted by molar-refractivity contribution is -0.147. The predicted molar refractivity (Wildman–Crippen MR) is 76.2 cm³/mol. The van der Waals surface area contributed by atoms with E-state index in [1.165, 1.54) is 0 Å². The molecule has 0 bridgehead atoms. The molecule has 0 aliphatic carbocycles. The van der Waals surface area contributed by atoms with Crippen molar-refractivity contribution in [3.8, 4) is 0 Å². The molecule has 0 radical (unpaired) electrons. The Balaban J connectivity index is 1.91. The molecule has 0 saturated carbocycles. The third-order valence-electron chi connectivity index (χ3n) is 4.08. The Morgan fingerprint density at radius 2 is 1.90 bits per heavy atom. The van der Waals surface area contributed by atoms with Gasteiger partial charge in [0.1, 0.15) is 0 Å². The molecule has 5 nitrogen and oxygen atoms in total. The van der Waals surface area contributed by atoms with Gasteiger partial charge >= 0.3 is 0 Å². The zero-order chi connectivity index (χ0) is 14.7. The lowest BCUT2D eigenvalue weighted by atomic mass is 10.1. The summed E-state index contributed by atoms with van der Waals surface area (Å²) in [5.74, 6) is 0.0994. The van der Waals surface area contributed by atoms with Crippen LogP contribution in [0.2, 0.25) is 0 Å². The predicted octanol–water partition coefficient (Wildman–Crippen LogP) is 1.27. The number of hydrogen-bond acceptors (Lipinski definition) is 3.